The van der Waals surface area contributed by atoms with E-state index in [2.05, 4.69) is 4.98 Å². The van der Waals surface area contributed by atoms with E-state index in [1.165, 1.54) is 0 Å². The van der Waals surface area contributed by atoms with Crippen LogP contribution in [0.4, 0.5) is 4.79 Å². The maximum atomic E-state index is 13.9. The number of fused-ring (bicyclic) bond motifs is 1. The number of benzene rings is 1. The number of urea groups is 1. The summed E-state index contributed by atoms with van der Waals surface area (Å²) in [6, 6.07) is 13.7. The molecule has 1 aromatic carbocycles. The highest BCUT2D eigenvalue weighted by atomic mass is 16.5. The highest BCUT2D eigenvalue weighted by Crippen LogP contribution is 2.51. The second-order valence-corrected chi connectivity index (χ2v) is 10.9. The van der Waals surface area contributed by atoms with Gasteiger partial charge in [0.25, 0.3) is 5.56 Å². The third-order valence-corrected chi connectivity index (χ3v) is 8.88. The van der Waals surface area contributed by atoms with Crippen molar-refractivity contribution in [2.75, 3.05) is 32.8 Å². The normalized spacial score (nSPS) is 25.6. The molecule has 2 saturated heterocycles. The molecule has 37 heavy (non-hydrogen) atoms. The van der Waals surface area contributed by atoms with Crippen LogP contribution < -0.4 is 5.56 Å². The molecule has 2 aromatic heterocycles. The van der Waals surface area contributed by atoms with Crippen molar-refractivity contribution in [3.63, 3.8) is 0 Å². The summed E-state index contributed by atoms with van der Waals surface area (Å²) < 4.78 is 7.38. The van der Waals surface area contributed by atoms with Crippen molar-refractivity contribution in [1.29, 1.82) is 0 Å². The second-order valence-electron chi connectivity index (χ2n) is 10.9. The van der Waals surface area contributed by atoms with Crippen LogP contribution in [-0.2, 0) is 11.3 Å². The van der Waals surface area contributed by atoms with E-state index in [0.717, 1.165) is 36.6 Å². The van der Waals surface area contributed by atoms with Gasteiger partial charge in [0.2, 0.25) is 0 Å². The molecule has 0 bridgehead atoms. The van der Waals surface area contributed by atoms with Crippen LogP contribution in [0, 0.1) is 5.41 Å². The number of morpholine rings is 1. The number of carbonyl (C=O) groups excluding carboxylic acids is 1. The van der Waals surface area contributed by atoms with Gasteiger partial charge in [0.15, 0.2) is 0 Å². The molecule has 1 aliphatic carbocycles. The number of amides is 2. The van der Waals surface area contributed by atoms with Crippen molar-refractivity contribution in [2.45, 2.75) is 50.3 Å². The van der Waals surface area contributed by atoms with Crippen molar-refractivity contribution < 1.29 is 14.6 Å². The number of aliphatic hydroxyl groups is 1. The number of hydrogen-bond donors (Lipinski definition) is 1. The number of rotatable bonds is 3. The van der Waals surface area contributed by atoms with Gasteiger partial charge in [-0.15, -0.1) is 0 Å². The van der Waals surface area contributed by atoms with Gasteiger partial charge in [-0.1, -0.05) is 43.2 Å². The second kappa shape index (κ2) is 9.58. The van der Waals surface area contributed by atoms with Crippen LogP contribution in [0.3, 0.4) is 0 Å². The molecule has 1 spiro atoms. The molecule has 4 heterocycles. The van der Waals surface area contributed by atoms with Crippen molar-refractivity contribution >= 4 is 16.8 Å². The minimum Gasteiger partial charge on any atom is -0.387 e. The number of carbonyl (C=O) groups is 1. The Morgan fingerprint density at radius 3 is 2.70 bits per heavy atom. The molecule has 1 saturated carbocycles. The van der Waals surface area contributed by atoms with E-state index in [0.29, 0.717) is 44.7 Å². The number of hydrogen-bond acceptors (Lipinski definition) is 5. The molecule has 2 aliphatic heterocycles. The lowest BCUT2D eigenvalue weighted by Crippen LogP contribution is -2.64. The first kappa shape index (κ1) is 24.1. The van der Waals surface area contributed by atoms with E-state index in [4.69, 9.17) is 4.74 Å². The molecule has 8 heteroatoms. The zero-order chi connectivity index (χ0) is 25.5. The Labute approximate surface area is 216 Å². The Morgan fingerprint density at radius 2 is 1.89 bits per heavy atom. The van der Waals surface area contributed by atoms with Gasteiger partial charge in [0.1, 0.15) is 0 Å². The predicted molar refractivity (Wildman–Crippen MR) is 140 cm³/mol. The highest BCUT2D eigenvalue weighted by Gasteiger charge is 2.56. The van der Waals surface area contributed by atoms with E-state index in [1.807, 2.05) is 52.3 Å². The number of pyridine rings is 2. The molecular weight excluding hydrogens is 468 g/mol. The van der Waals surface area contributed by atoms with Crippen molar-refractivity contribution in [3.05, 3.63) is 77.0 Å². The molecule has 3 fully saturated rings. The zero-order valence-corrected chi connectivity index (χ0v) is 21.1. The first-order valence-corrected chi connectivity index (χ1v) is 13.3. The van der Waals surface area contributed by atoms with Gasteiger partial charge in [0, 0.05) is 43.6 Å². The summed E-state index contributed by atoms with van der Waals surface area (Å²) in [5.41, 5.74) is -0.558. The highest BCUT2D eigenvalue weighted by molar-refractivity contribution is 5.80. The Bertz CT molecular complexity index is 1340. The SMILES string of the molecule is O=C(N1CCC(O)(Cn2ccc3ccncc3c2=O)C2(CCCC2)C1)N1CCOCC1c1ccccc1. The zero-order valence-electron chi connectivity index (χ0n) is 21.1. The lowest BCUT2D eigenvalue weighted by Gasteiger charge is -2.53. The summed E-state index contributed by atoms with van der Waals surface area (Å²) in [4.78, 5) is 35.1. The molecule has 3 aliphatic rings. The van der Waals surface area contributed by atoms with E-state index in [1.54, 1.807) is 23.2 Å². The molecule has 2 atom stereocenters. The first-order chi connectivity index (χ1) is 18.0. The van der Waals surface area contributed by atoms with E-state index < -0.39 is 11.0 Å². The molecule has 1 N–H and O–H groups in total. The maximum absolute atomic E-state index is 13.9. The number of likely N-dealkylation sites (tertiary alicyclic amines) is 1. The van der Waals surface area contributed by atoms with E-state index in [-0.39, 0.29) is 24.2 Å². The average Bonchev–Trinajstić information content (AvgIpc) is 3.42. The minimum absolute atomic E-state index is 0.0134. The summed E-state index contributed by atoms with van der Waals surface area (Å²) in [7, 11) is 0. The van der Waals surface area contributed by atoms with E-state index in [9.17, 15) is 14.7 Å². The Kier molecular flexibility index (Phi) is 6.24. The standard InChI is InChI=1S/C29H34N4O4/c34-26-24-18-30-13-8-22(24)9-14-31(26)21-29(36)12-15-32(20-28(29)10-4-5-11-28)27(35)33-16-17-37-19-25(33)23-6-2-1-3-7-23/h1-3,6-9,13-14,18,25,36H,4-5,10-12,15-17,19-21H2. The average molecular weight is 503 g/mol. The van der Waals surface area contributed by atoms with Crippen LogP contribution in [0.2, 0.25) is 0 Å². The quantitative estimate of drug-likeness (QED) is 0.592. The first-order valence-electron chi connectivity index (χ1n) is 13.3. The van der Waals surface area contributed by atoms with Gasteiger partial charge >= 0.3 is 6.03 Å². The molecule has 3 aromatic rings. The molecule has 0 radical (unpaired) electrons. The van der Waals surface area contributed by atoms with Crippen LogP contribution in [0.1, 0.15) is 43.7 Å². The van der Waals surface area contributed by atoms with Gasteiger partial charge in [-0.2, -0.15) is 0 Å². The van der Waals surface area contributed by atoms with Crippen LogP contribution in [0.15, 0.2) is 65.8 Å². The Morgan fingerprint density at radius 1 is 1.08 bits per heavy atom. The third-order valence-electron chi connectivity index (χ3n) is 8.88. The largest absolute Gasteiger partial charge is 0.387 e. The summed E-state index contributed by atoms with van der Waals surface area (Å²) in [6.07, 6.45) is 9.23. The fourth-order valence-electron chi connectivity index (χ4n) is 6.76. The number of nitrogens with zero attached hydrogens (tertiary/aromatic N) is 4. The predicted octanol–water partition coefficient (Wildman–Crippen LogP) is 3.59. The molecule has 2 amide bonds. The monoisotopic (exact) mass is 502 g/mol. The van der Waals surface area contributed by atoms with Crippen LogP contribution >= 0.6 is 0 Å². The summed E-state index contributed by atoms with van der Waals surface area (Å²) in [6.45, 7) is 2.75. The fraction of sp³-hybridized carbons (Fsp3) is 0.483. The lowest BCUT2D eigenvalue weighted by atomic mass is 9.66. The minimum atomic E-state index is -1.07. The molecular formula is C29H34N4O4. The van der Waals surface area contributed by atoms with Gasteiger partial charge < -0.3 is 24.2 Å². The summed E-state index contributed by atoms with van der Waals surface area (Å²) in [5.74, 6) is 0. The Balaban J connectivity index is 1.26. The van der Waals surface area contributed by atoms with Gasteiger partial charge in [-0.3, -0.25) is 9.78 Å². The van der Waals surface area contributed by atoms with Crippen LogP contribution in [0.5, 0.6) is 0 Å². The van der Waals surface area contributed by atoms with Crippen molar-refractivity contribution in [3.8, 4) is 0 Å². The van der Waals surface area contributed by atoms with Crippen molar-refractivity contribution in [1.82, 2.24) is 19.4 Å². The third kappa shape index (κ3) is 4.22. The van der Waals surface area contributed by atoms with Gasteiger partial charge in [-0.05, 0) is 42.3 Å². The van der Waals surface area contributed by atoms with Crippen LogP contribution in [-0.4, -0.2) is 68.9 Å². The molecule has 194 valence electrons. The smallest absolute Gasteiger partial charge is 0.320 e. The number of aromatic nitrogens is 2. The lowest BCUT2D eigenvalue weighted by molar-refractivity contribution is -0.137. The van der Waals surface area contributed by atoms with Gasteiger partial charge in [0.05, 0.1) is 36.8 Å². The van der Waals surface area contributed by atoms with E-state index >= 15 is 0 Å². The molecule has 6 rings (SSSR count). The summed E-state index contributed by atoms with van der Waals surface area (Å²) in [5, 5.41) is 13.6. The van der Waals surface area contributed by atoms with Gasteiger partial charge in [-0.25, -0.2) is 4.79 Å². The number of piperidine rings is 1. The Hall–Kier alpha value is -3.23. The molecule has 2 unspecified atom stereocenters. The molecule has 8 nitrogen and oxygen atoms in total. The topological polar surface area (TPSA) is 87.9 Å². The number of ether oxygens (including phenoxy) is 1. The summed E-state index contributed by atoms with van der Waals surface area (Å²) >= 11 is 0. The van der Waals surface area contributed by atoms with Crippen LogP contribution in [0.25, 0.3) is 10.8 Å². The fourth-order valence-corrected chi connectivity index (χ4v) is 6.76. The van der Waals surface area contributed by atoms with Crippen molar-refractivity contribution in [2.24, 2.45) is 5.41 Å². The maximum Gasteiger partial charge on any atom is 0.320 e.